The Morgan fingerprint density at radius 2 is 1.62 bits per heavy atom. The summed E-state index contributed by atoms with van der Waals surface area (Å²) < 4.78 is 0. The topological polar surface area (TPSA) is 0 Å². The smallest absolute Gasteiger partial charge is 0.0472 e. The lowest BCUT2D eigenvalue weighted by molar-refractivity contribution is 0.213. The second-order valence-corrected chi connectivity index (χ2v) is 5.99. The molecule has 2 unspecified atom stereocenters. The molecule has 0 fully saturated rings. The molecule has 0 saturated carbocycles. The largest absolute Gasteiger partial charge is 0.119 e. The third-order valence-electron chi connectivity index (χ3n) is 3.72. The third kappa shape index (κ3) is 3.50. The van der Waals surface area contributed by atoms with Crippen molar-refractivity contribution in [2.24, 2.45) is 11.3 Å². The molecule has 0 radical (unpaired) electrons. The summed E-state index contributed by atoms with van der Waals surface area (Å²) in [5.41, 5.74) is 0.234. The van der Waals surface area contributed by atoms with E-state index in [4.69, 9.17) is 11.6 Å². The number of halogens is 1. The summed E-state index contributed by atoms with van der Waals surface area (Å²) in [5.74, 6) is 0.730. The Balaban J connectivity index is 4.38. The van der Waals surface area contributed by atoms with Gasteiger partial charge in [-0.1, -0.05) is 41.0 Å². The summed E-state index contributed by atoms with van der Waals surface area (Å²) >= 11 is 6.60. The predicted molar refractivity (Wildman–Crippen MR) is 62.4 cm³/mol. The highest BCUT2D eigenvalue weighted by atomic mass is 35.5. The van der Waals surface area contributed by atoms with Gasteiger partial charge in [-0.05, 0) is 31.1 Å². The predicted octanol–water partition coefficient (Wildman–Crippen LogP) is 4.86. The molecule has 0 aromatic carbocycles. The molecule has 0 N–H and O–H groups in total. The van der Waals surface area contributed by atoms with Gasteiger partial charge in [0.05, 0.1) is 0 Å². The van der Waals surface area contributed by atoms with Gasteiger partial charge in [-0.2, -0.15) is 0 Å². The van der Waals surface area contributed by atoms with Gasteiger partial charge < -0.3 is 0 Å². The van der Waals surface area contributed by atoms with Crippen molar-refractivity contribution < 1.29 is 0 Å². The first-order valence-electron chi connectivity index (χ1n) is 5.45. The van der Waals surface area contributed by atoms with Crippen LogP contribution in [-0.2, 0) is 0 Å². The van der Waals surface area contributed by atoms with Gasteiger partial charge in [0.2, 0.25) is 0 Å². The van der Waals surface area contributed by atoms with E-state index in [1.807, 2.05) is 0 Å². The van der Waals surface area contributed by atoms with E-state index in [0.29, 0.717) is 0 Å². The zero-order valence-corrected chi connectivity index (χ0v) is 10.8. The van der Waals surface area contributed by atoms with E-state index < -0.39 is 0 Å². The van der Waals surface area contributed by atoms with Crippen molar-refractivity contribution in [2.75, 3.05) is 0 Å². The van der Waals surface area contributed by atoms with Crippen molar-refractivity contribution in [1.29, 1.82) is 0 Å². The number of hydrogen-bond acceptors (Lipinski definition) is 0. The molecule has 0 aliphatic rings. The average molecular weight is 205 g/mol. The van der Waals surface area contributed by atoms with E-state index in [-0.39, 0.29) is 10.3 Å². The lowest BCUT2D eigenvalue weighted by Crippen LogP contribution is -2.37. The lowest BCUT2D eigenvalue weighted by Gasteiger charge is -2.40. The van der Waals surface area contributed by atoms with Gasteiger partial charge in [-0.3, -0.25) is 0 Å². The Kier molecular flexibility index (Phi) is 4.79. The Morgan fingerprint density at radius 3 is 1.92 bits per heavy atom. The van der Waals surface area contributed by atoms with Crippen LogP contribution in [0.2, 0.25) is 0 Å². The molecule has 0 aliphatic carbocycles. The van der Waals surface area contributed by atoms with E-state index in [1.165, 1.54) is 6.42 Å². The fraction of sp³-hybridized carbons (Fsp3) is 1.00. The van der Waals surface area contributed by atoms with Crippen LogP contribution in [0, 0.1) is 11.3 Å². The first-order valence-corrected chi connectivity index (χ1v) is 5.83. The van der Waals surface area contributed by atoms with Crippen LogP contribution in [0.4, 0.5) is 0 Å². The monoisotopic (exact) mass is 204 g/mol. The van der Waals surface area contributed by atoms with Crippen molar-refractivity contribution >= 4 is 11.6 Å². The van der Waals surface area contributed by atoms with Gasteiger partial charge in [0, 0.05) is 4.87 Å². The summed E-state index contributed by atoms with van der Waals surface area (Å²) in [4.78, 5) is -0.0584. The summed E-state index contributed by atoms with van der Waals surface area (Å²) in [6.07, 6.45) is 3.48. The number of hydrogen-bond donors (Lipinski definition) is 0. The molecule has 0 nitrogen and oxygen atoms in total. The Morgan fingerprint density at radius 1 is 1.15 bits per heavy atom. The van der Waals surface area contributed by atoms with Crippen LogP contribution in [0.1, 0.15) is 60.8 Å². The van der Waals surface area contributed by atoms with Gasteiger partial charge >= 0.3 is 0 Å². The van der Waals surface area contributed by atoms with Crippen LogP contribution >= 0.6 is 11.6 Å². The van der Waals surface area contributed by atoms with Crippen LogP contribution in [0.25, 0.3) is 0 Å². The molecule has 0 heterocycles. The van der Waals surface area contributed by atoms with Gasteiger partial charge in [-0.25, -0.2) is 0 Å². The molecular weight excluding hydrogens is 180 g/mol. The molecule has 1 heteroatoms. The highest BCUT2D eigenvalue weighted by Gasteiger charge is 2.38. The minimum Gasteiger partial charge on any atom is -0.119 e. The molecule has 0 amide bonds. The highest BCUT2D eigenvalue weighted by Crippen LogP contribution is 2.43. The van der Waals surface area contributed by atoms with Crippen molar-refractivity contribution in [2.45, 2.75) is 65.7 Å². The van der Waals surface area contributed by atoms with Crippen molar-refractivity contribution in [1.82, 2.24) is 0 Å². The normalized spacial score (nSPS) is 19.6. The lowest BCUT2D eigenvalue weighted by atomic mass is 9.73. The van der Waals surface area contributed by atoms with Gasteiger partial charge in [-0.15, -0.1) is 11.6 Å². The molecule has 13 heavy (non-hydrogen) atoms. The van der Waals surface area contributed by atoms with Crippen LogP contribution in [0.5, 0.6) is 0 Å². The van der Waals surface area contributed by atoms with E-state index >= 15 is 0 Å². The molecule has 0 spiro atoms. The highest BCUT2D eigenvalue weighted by molar-refractivity contribution is 6.24. The second-order valence-electron chi connectivity index (χ2n) is 5.15. The minimum atomic E-state index is -0.0584. The Labute approximate surface area is 89.1 Å². The van der Waals surface area contributed by atoms with Crippen molar-refractivity contribution in [3.8, 4) is 0 Å². The second kappa shape index (κ2) is 4.68. The standard InChI is InChI=1S/C12H25Cl/c1-7-10(3)9-12(6,13)11(4,5)8-2/h10H,7-9H2,1-6H3. The minimum absolute atomic E-state index is 0.0584. The Hall–Kier alpha value is 0.290. The molecule has 0 aromatic heterocycles. The fourth-order valence-electron chi connectivity index (χ4n) is 1.44. The quantitative estimate of drug-likeness (QED) is 0.562. The number of rotatable bonds is 5. The van der Waals surface area contributed by atoms with Crippen LogP contribution in [0.3, 0.4) is 0 Å². The van der Waals surface area contributed by atoms with Gasteiger partial charge in [0.15, 0.2) is 0 Å². The maximum atomic E-state index is 6.60. The zero-order chi connectivity index (χ0) is 10.7. The van der Waals surface area contributed by atoms with Crippen molar-refractivity contribution in [3.63, 3.8) is 0 Å². The first kappa shape index (κ1) is 13.3. The molecule has 2 atom stereocenters. The summed E-state index contributed by atoms with van der Waals surface area (Å²) in [6.45, 7) is 13.5. The van der Waals surface area contributed by atoms with E-state index in [9.17, 15) is 0 Å². The van der Waals surface area contributed by atoms with Crippen LogP contribution in [-0.4, -0.2) is 4.87 Å². The molecule has 0 aromatic rings. The maximum Gasteiger partial charge on any atom is 0.0472 e. The van der Waals surface area contributed by atoms with Crippen LogP contribution in [0.15, 0.2) is 0 Å². The van der Waals surface area contributed by atoms with E-state index in [2.05, 4.69) is 41.5 Å². The third-order valence-corrected chi connectivity index (χ3v) is 4.39. The molecule has 0 rings (SSSR count). The summed E-state index contributed by atoms with van der Waals surface area (Å²) in [6, 6.07) is 0. The first-order chi connectivity index (χ1) is 5.77. The fourth-order valence-corrected chi connectivity index (χ4v) is 1.84. The summed E-state index contributed by atoms with van der Waals surface area (Å²) in [7, 11) is 0. The van der Waals surface area contributed by atoms with Crippen LogP contribution < -0.4 is 0 Å². The Bertz CT molecular complexity index is 147. The molecule has 0 saturated heterocycles. The molecule has 80 valence electrons. The average Bonchev–Trinajstić information content (AvgIpc) is 2.03. The number of alkyl halides is 1. The van der Waals surface area contributed by atoms with Crippen molar-refractivity contribution in [3.05, 3.63) is 0 Å². The van der Waals surface area contributed by atoms with E-state index in [1.54, 1.807) is 0 Å². The maximum absolute atomic E-state index is 6.60. The zero-order valence-electron chi connectivity index (χ0n) is 10.1. The van der Waals surface area contributed by atoms with E-state index in [0.717, 1.165) is 18.8 Å². The molecule has 0 aliphatic heterocycles. The molecular formula is C12H25Cl. The van der Waals surface area contributed by atoms with Gasteiger partial charge in [0.25, 0.3) is 0 Å². The van der Waals surface area contributed by atoms with Gasteiger partial charge in [0.1, 0.15) is 0 Å². The summed E-state index contributed by atoms with van der Waals surface area (Å²) in [5, 5.41) is 0. The molecule has 0 bridgehead atoms. The SMILES string of the molecule is CCC(C)CC(C)(Cl)C(C)(C)CC.